The van der Waals surface area contributed by atoms with E-state index < -0.39 is 47.9 Å². The Bertz CT molecular complexity index is 1400. The number of carbonyl (C=O) groups excluding carboxylic acids is 2. The molecule has 2 aromatic carbocycles. The van der Waals surface area contributed by atoms with Crippen molar-refractivity contribution in [2.75, 3.05) is 5.32 Å². The van der Waals surface area contributed by atoms with E-state index in [0.29, 0.717) is 10.0 Å². The van der Waals surface area contributed by atoms with Crippen LogP contribution in [0.1, 0.15) is 39.8 Å². The molecule has 2 atom stereocenters. The minimum atomic E-state index is -4.85. The van der Waals surface area contributed by atoms with E-state index in [1.807, 2.05) is 0 Å². The first-order valence-corrected chi connectivity index (χ1v) is 11.7. The van der Waals surface area contributed by atoms with E-state index in [9.17, 15) is 27.2 Å². The molecule has 0 saturated heterocycles. The number of nitrogens with one attached hydrogen (secondary N) is 2. The second-order valence-corrected chi connectivity index (χ2v) is 9.39. The number of hydrogen-bond acceptors (Lipinski definition) is 5. The van der Waals surface area contributed by atoms with E-state index >= 15 is 0 Å². The second kappa shape index (κ2) is 10.6. The SMILES string of the molecule is C[C@@]1(c2cc(NC(=O)c3ccc(Cl)cn3)ccc2F)C[C@@H](C(F)(F)F)OC(NC(=O)c2ccc(Cl)cc2)=N1. The topological polar surface area (TPSA) is 92.7 Å². The fourth-order valence-electron chi connectivity index (χ4n) is 3.74. The number of aromatic nitrogens is 1. The van der Waals surface area contributed by atoms with Crippen LogP contribution in [0.25, 0.3) is 0 Å². The standard InChI is InChI=1S/C25H18Cl2F4N4O3/c1-24(17-10-16(7-8-18(17)28)33-22(37)19-9-6-15(27)12-32-19)11-20(25(29,30)31)38-23(35-24)34-21(36)13-2-4-14(26)5-3-13/h2-10,12,20H,11H2,1H3,(H,33,37)(H,34,35,36)/t20-,24-/m0/s1. The lowest BCUT2D eigenvalue weighted by Crippen LogP contribution is -2.48. The molecule has 2 N–H and O–H groups in total. The van der Waals surface area contributed by atoms with E-state index in [1.54, 1.807) is 0 Å². The molecule has 2 heterocycles. The molecule has 0 aliphatic carbocycles. The van der Waals surface area contributed by atoms with Crippen molar-refractivity contribution in [2.45, 2.75) is 31.2 Å². The Morgan fingerprint density at radius 3 is 2.32 bits per heavy atom. The van der Waals surface area contributed by atoms with Gasteiger partial charge in [-0.1, -0.05) is 23.2 Å². The van der Waals surface area contributed by atoms with Gasteiger partial charge in [-0.2, -0.15) is 13.2 Å². The number of aliphatic imine (C=N–C) groups is 1. The summed E-state index contributed by atoms with van der Waals surface area (Å²) in [6.07, 6.45) is -6.78. The number of benzene rings is 2. The highest BCUT2D eigenvalue weighted by Gasteiger charge is 2.50. The van der Waals surface area contributed by atoms with Crippen LogP contribution in [0.2, 0.25) is 10.0 Å². The maximum Gasteiger partial charge on any atom is 0.425 e. The summed E-state index contributed by atoms with van der Waals surface area (Å²) in [6.45, 7) is 1.27. The average molecular weight is 569 g/mol. The predicted molar refractivity (Wildman–Crippen MR) is 133 cm³/mol. The van der Waals surface area contributed by atoms with E-state index in [4.69, 9.17) is 27.9 Å². The molecule has 7 nitrogen and oxygen atoms in total. The molecule has 1 aromatic heterocycles. The van der Waals surface area contributed by atoms with Gasteiger partial charge in [0.2, 0.25) is 0 Å². The van der Waals surface area contributed by atoms with Crippen molar-refractivity contribution < 1.29 is 31.9 Å². The van der Waals surface area contributed by atoms with Crippen LogP contribution in [0.5, 0.6) is 0 Å². The van der Waals surface area contributed by atoms with E-state index in [0.717, 1.165) is 6.07 Å². The van der Waals surface area contributed by atoms with Gasteiger partial charge in [0.1, 0.15) is 11.5 Å². The normalized spacial score (nSPS) is 19.2. The number of nitrogens with zero attached hydrogens (tertiary/aromatic N) is 2. The van der Waals surface area contributed by atoms with Gasteiger partial charge in [-0.05, 0) is 61.5 Å². The monoisotopic (exact) mass is 568 g/mol. The molecule has 0 bridgehead atoms. The van der Waals surface area contributed by atoms with Crippen molar-refractivity contribution in [1.29, 1.82) is 0 Å². The zero-order valence-corrected chi connectivity index (χ0v) is 21.0. The number of amidine groups is 1. The third-order valence-corrected chi connectivity index (χ3v) is 6.12. The number of rotatable bonds is 4. The third-order valence-electron chi connectivity index (χ3n) is 5.64. The summed E-state index contributed by atoms with van der Waals surface area (Å²) in [7, 11) is 0. The summed E-state index contributed by atoms with van der Waals surface area (Å²) < 4.78 is 61.2. The summed E-state index contributed by atoms with van der Waals surface area (Å²) >= 11 is 11.6. The Morgan fingerprint density at radius 1 is 1.00 bits per heavy atom. The van der Waals surface area contributed by atoms with Crippen LogP contribution >= 0.6 is 23.2 Å². The lowest BCUT2D eigenvalue weighted by atomic mass is 9.85. The third kappa shape index (κ3) is 6.22. The quantitative estimate of drug-likeness (QED) is 0.370. The van der Waals surface area contributed by atoms with Gasteiger partial charge < -0.3 is 10.1 Å². The second-order valence-electron chi connectivity index (χ2n) is 8.51. The molecule has 38 heavy (non-hydrogen) atoms. The molecule has 4 rings (SSSR count). The number of ether oxygens (including phenoxy) is 1. The van der Waals surface area contributed by atoms with Crippen LogP contribution < -0.4 is 10.6 Å². The van der Waals surface area contributed by atoms with Crippen LogP contribution in [0.3, 0.4) is 0 Å². The molecule has 0 unspecified atom stereocenters. The zero-order chi connectivity index (χ0) is 27.7. The summed E-state index contributed by atoms with van der Waals surface area (Å²) in [6, 6.07) is 11.1. The van der Waals surface area contributed by atoms with E-state index in [2.05, 4.69) is 20.6 Å². The maximum atomic E-state index is 15.0. The van der Waals surface area contributed by atoms with Gasteiger partial charge in [0.05, 0.1) is 10.6 Å². The van der Waals surface area contributed by atoms with Crippen molar-refractivity contribution in [3.63, 3.8) is 0 Å². The van der Waals surface area contributed by atoms with Crippen LogP contribution in [0, 0.1) is 5.82 Å². The smallest absolute Gasteiger partial charge is 0.425 e. The molecule has 0 radical (unpaired) electrons. The summed E-state index contributed by atoms with van der Waals surface area (Å²) in [5, 5.41) is 5.39. The number of pyridine rings is 1. The lowest BCUT2D eigenvalue weighted by Gasteiger charge is -2.36. The molecule has 0 fully saturated rings. The summed E-state index contributed by atoms with van der Waals surface area (Å²) in [5.41, 5.74) is -1.90. The van der Waals surface area contributed by atoms with Crippen LogP contribution in [0.15, 0.2) is 65.8 Å². The Kier molecular flexibility index (Phi) is 7.61. The Labute approximate surface area is 223 Å². The zero-order valence-electron chi connectivity index (χ0n) is 19.4. The van der Waals surface area contributed by atoms with Gasteiger partial charge in [-0.25, -0.2) is 14.4 Å². The number of amides is 2. The fraction of sp³-hybridized carbons (Fsp3) is 0.200. The highest BCUT2D eigenvalue weighted by molar-refractivity contribution is 6.30. The summed E-state index contributed by atoms with van der Waals surface area (Å²) in [4.78, 5) is 33.2. The molecule has 1 aliphatic rings. The first-order valence-electron chi connectivity index (χ1n) is 11.0. The van der Waals surface area contributed by atoms with Gasteiger partial charge in [-0.3, -0.25) is 14.9 Å². The Balaban J connectivity index is 1.66. The maximum absolute atomic E-state index is 15.0. The minimum absolute atomic E-state index is 0.0138. The van der Waals surface area contributed by atoms with E-state index in [1.165, 1.54) is 61.7 Å². The minimum Gasteiger partial charge on any atom is -0.452 e. The first-order chi connectivity index (χ1) is 17.8. The first kappa shape index (κ1) is 27.3. The molecule has 1 aliphatic heterocycles. The summed E-state index contributed by atoms with van der Waals surface area (Å²) in [5.74, 6) is -2.32. The van der Waals surface area contributed by atoms with Crippen LogP contribution in [-0.2, 0) is 10.3 Å². The van der Waals surface area contributed by atoms with E-state index in [-0.39, 0.29) is 22.5 Å². The number of anilines is 1. The van der Waals surface area contributed by atoms with Crippen molar-refractivity contribution in [2.24, 2.45) is 4.99 Å². The number of carbonyl (C=O) groups is 2. The molecule has 0 saturated carbocycles. The van der Waals surface area contributed by atoms with Gasteiger partial charge in [0, 0.05) is 34.5 Å². The number of halogens is 6. The Morgan fingerprint density at radius 2 is 1.68 bits per heavy atom. The van der Waals surface area contributed by atoms with Gasteiger partial charge in [-0.15, -0.1) is 0 Å². The number of alkyl halides is 3. The van der Waals surface area contributed by atoms with Crippen LogP contribution in [0.4, 0.5) is 23.2 Å². The van der Waals surface area contributed by atoms with Crippen molar-refractivity contribution >= 4 is 46.7 Å². The highest BCUT2D eigenvalue weighted by Crippen LogP contribution is 2.41. The van der Waals surface area contributed by atoms with Crippen molar-refractivity contribution in [3.8, 4) is 0 Å². The van der Waals surface area contributed by atoms with Crippen molar-refractivity contribution in [3.05, 3.63) is 93.5 Å². The van der Waals surface area contributed by atoms with Crippen molar-refractivity contribution in [1.82, 2.24) is 10.3 Å². The molecule has 2 amide bonds. The fourth-order valence-corrected chi connectivity index (χ4v) is 3.97. The molecule has 13 heteroatoms. The average Bonchev–Trinajstić information content (AvgIpc) is 2.85. The molecule has 3 aromatic rings. The molecular formula is C25H18Cl2F4N4O3. The van der Waals surface area contributed by atoms with Gasteiger partial charge in [0.25, 0.3) is 17.8 Å². The molecule has 0 spiro atoms. The van der Waals surface area contributed by atoms with Gasteiger partial charge in [0.15, 0.2) is 6.10 Å². The predicted octanol–water partition coefficient (Wildman–Crippen LogP) is 6.13. The largest absolute Gasteiger partial charge is 0.452 e. The molecule has 198 valence electrons. The lowest BCUT2D eigenvalue weighted by molar-refractivity contribution is -0.208. The Hall–Kier alpha value is -3.70. The van der Waals surface area contributed by atoms with Gasteiger partial charge >= 0.3 is 6.18 Å². The number of hydrogen-bond donors (Lipinski definition) is 2. The molecular weight excluding hydrogens is 551 g/mol. The highest BCUT2D eigenvalue weighted by atomic mass is 35.5. The van der Waals surface area contributed by atoms with Crippen LogP contribution in [-0.4, -0.2) is 35.1 Å².